The van der Waals surface area contributed by atoms with Crippen LogP contribution in [0.2, 0.25) is 0 Å². The summed E-state index contributed by atoms with van der Waals surface area (Å²) in [5.74, 6) is 0.682. The van der Waals surface area contributed by atoms with Crippen LogP contribution in [0, 0.1) is 12.8 Å². The van der Waals surface area contributed by atoms with Crippen molar-refractivity contribution in [3.8, 4) is 0 Å². The first-order chi connectivity index (χ1) is 7.19. The van der Waals surface area contributed by atoms with E-state index in [-0.39, 0.29) is 12.4 Å². The molecule has 2 atom stereocenters. The molecular weight excluding hydrogens is 242 g/mol. The fraction of sp³-hybridized carbons (Fsp3) is 0.727. The number of rotatable bonds is 3. The number of hydrogen-bond donors (Lipinski definition) is 1. The minimum Gasteiger partial charge on any atom is -0.330 e. The topological polar surface area (TPSA) is 42.1 Å². The Balaban J connectivity index is 0.00000128. The first-order valence-electron chi connectivity index (χ1n) is 5.54. The summed E-state index contributed by atoms with van der Waals surface area (Å²) in [6.07, 6.45) is 1.24. The van der Waals surface area contributed by atoms with E-state index in [4.69, 9.17) is 5.73 Å². The lowest BCUT2D eigenvalue weighted by atomic mass is 10.1. The Bertz CT molecular complexity index is 329. The van der Waals surface area contributed by atoms with Gasteiger partial charge >= 0.3 is 0 Å². The highest BCUT2D eigenvalue weighted by molar-refractivity contribution is 7.09. The number of thiazole rings is 1. The molecule has 16 heavy (non-hydrogen) atoms. The average Bonchev–Trinajstić information content (AvgIpc) is 2.75. The van der Waals surface area contributed by atoms with Crippen LogP contribution in [-0.2, 0) is 6.54 Å². The van der Waals surface area contributed by atoms with Crippen molar-refractivity contribution in [2.45, 2.75) is 32.9 Å². The molecule has 1 aromatic heterocycles. The second-order valence-electron chi connectivity index (χ2n) is 4.50. The van der Waals surface area contributed by atoms with Crippen LogP contribution < -0.4 is 5.73 Å². The standard InChI is InChI=1S/C11H19N3S.ClH/c1-8-7-15-11(13-8)6-14-5-10(4-12)3-9(14)2;/h7,9-10H,3-6,12H2,1-2H3;1H. The SMILES string of the molecule is Cc1csc(CN2CC(CN)CC2C)n1.Cl. The van der Waals surface area contributed by atoms with Gasteiger partial charge in [0.25, 0.3) is 0 Å². The number of hydrogen-bond acceptors (Lipinski definition) is 4. The second-order valence-corrected chi connectivity index (χ2v) is 5.44. The van der Waals surface area contributed by atoms with Gasteiger partial charge in [-0.25, -0.2) is 4.98 Å². The molecule has 0 spiro atoms. The Morgan fingerprint density at radius 1 is 1.62 bits per heavy atom. The van der Waals surface area contributed by atoms with E-state index in [9.17, 15) is 0 Å². The lowest BCUT2D eigenvalue weighted by Gasteiger charge is -2.19. The van der Waals surface area contributed by atoms with Crippen molar-refractivity contribution in [3.05, 3.63) is 16.1 Å². The van der Waals surface area contributed by atoms with Gasteiger partial charge in [0.15, 0.2) is 0 Å². The fourth-order valence-electron chi connectivity index (χ4n) is 2.26. The molecule has 2 N–H and O–H groups in total. The van der Waals surface area contributed by atoms with Gasteiger partial charge in [0.2, 0.25) is 0 Å². The molecule has 3 nitrogen and oxygen atoms in total. The molecule has 1 aromatic rings. The number of aryl methyl sites for hydroxylation is 1. The highest BCUT2D eigenvalue weighted by Gasteiger charge is 2.28. The molecule has 5 heteroatoms. The predicted molar refractivity (Wildman–Crippen MR) is 71.1 cm³/mol. The third kappa shape index (κ3) is 3.17. The van der Waals surface area contributed by atoms with Gasteiger partial charge in [0.05, 0.1) is 6.54 Å². The molecule has 0 bridgehead atoms. The maximum absolute atomic E-state index is 5.72. The first-order valence-corrected chi connectivity index (χ1v) is 6.42. The Labute approximate surface area is 107 Å². The van der Waals surface area contributed by atoms with E-state index in [2.05, 4.69) is 29.1 Å². The lowest BCUT2D eigenvalue weighted by molar-refractivity contribution is 0.255. The van der Waals surface area contributed by atoms with Crippen LogP contribution in [0.5, 0.6) is 0 Å². The zero-order chi connectivity index (χ0) is 10.8. The molecule has 0 saturated carbocycles. The van der Waals surface area contributed by atoms with Crippen molar-refractivity contribution in [3.63, 3.8) is 0 Å². The van der Waals surface area contributed by atoms with Crippen LogP contribution >= 0.6 is 23.7 Å². The van der Waals surface area contributed by atoms with E-state index < -0.39 is 0 Å². The smallest absolute Gasteiger partial charge is 0.107 e. The number of nitrogens with two attached hydrogens (primary N) is 1. The highest BCUT2D eigenvalue weighted by Crippen LogP contribution is 2.24. The van der Waals surface area contributed by atoms with E-state index >= 15 is 0 Å². The van der Waals surface area contributed by atoms with Gasteiger partial charge in [-0.1, -0.05) is 0 Å². The quantitative estimate of drug-likeness (QED) is 0.906. The summed E-state index contributed by atoms with van der Waals surface area (Å²) in [7, 11) is 0. The van der Waals surface area contributed by atoms with Crippen LogP contribution in [0.1, 0.15) is 24.0 Å². The Morgan fingerprint density at radius 3 is 2.88 bits per heavy atom. The zero-order valence-electron chi connectivity index (χ0n) is 9.85. The summed E-state index contributed by atoms with van der Waals surface area (Å²) in [5.41, 5.74) is 6.85. The van der Waals surface area contributed by atoms with Gasteiger partial charge in [-0.2, -0.15) is 0 Å². The van der Waals surface area contributed by atoms with Gasteiger partial charge in [0, 0.05) is 23.7 Å². The summed E-state index contributed by atoms with van der Waals surface area (Å²) in [5, 5.41) is 3.35. The molecule has 92 valence electrons. The normalized spacial score (nSPS) is 25.7. The molecule has 1 aliphatic rings. The van der Waals surface area contributed by atoms with Gasteiger partial charge in [-0.15, -0.1) is 23.7 Å². The van der Waals surface area contributed by atoms with Crippen LogP contribution in [-0.4, -0.2) is 29.0 Å². The number of aromatic nitrogens is 1. The molecule has 1 saturated heterocycles. The van der Waals surface area contributed by atoms with Crippen molar-refractivity contribution in [2.24, 2.45) is 11.7 Å². The molecule has 1 fully saturated rings. The van der Waals surface area contributed by atoms with E-state index in [0.717, 1.165) is 25.3 Å². The molecular formula is C11H20ClN3S. The summed E-state index contributed by atoms with van der Waals surface area (Å²) in [6, 6.07) is 0.655. The summed E-state index contributed by atoms with van der Waals surface area (Å²) >= 11 is 1.76. The van der Waals surface area contributed by atoms with Gasteiger partial charge in [0.1, 0.15) is 5.01 Å². The maximum Gasteiger partial charge on any atom is 0.107 e. The van der Waals surface area contributed by atoms with E-state index in [1.165, 1.54) is 11.4 Å². The molecule has 0 aromatic carbocycles. The van der Waals surface area contributed by atoms with E-state index in [1.807, 2.05) is 0 Å². The minimum absolute atomic E-state index is 0. The molecule has 0 amide bonds. The molecule has 1 aliphatic heterocycles. The highest BCUT2D eigenvalue weighted by atomic mass is 35.5. The number of likely N-dealkylation sites (tertiary alicyclic amines) is 1. The molecule has 0 radical (unpaired) electrons. The Morgan fingerprint density at radius 2 is 2.38 bits per heavy atom. The zero-order valence-corrected chi connectivity index (χ0v) is 11.5. The van der Waals surface area contributed by atoms with Crippen LogP contribution in [0.15, 0.2) is 5.38 Å². The monoisotopic (exact) mass is 261 g/mol. The second kappa shape index (κ2) is 5.96. The number of halogens is 1. The molecule has 2 heterocycles. The van der Waals surface area contributed by atoms with Gasteiger partial charge < -0.3 is 5.73 Å². The van der Waals surface area contributed by atoms with Crippen LogP contribution in [0.3, 0.4) is 0 Å². The third-order valence-electron chi connectivity index (χ3n) is 3.13. The number of nitrogens with zero attached hydrogens (tertiary/aromatic N) is 2. The Kier molecular flexibility index (Phi) is 5.18. The van der Waals surface area contributed by atoms with Crippen molar-refractivity contribution in [1.29, 1.82) is 0 Å². The van der Waals surface area contributed by atoms with Crippen LogP contribution in [0.4, 0.5) is 0 Å². The van der Waals surface area contributed by atoms with Gasteiger partial charge in [-0.05, 0) is 32.7 Å². The predicted octanol–water partition coefficient (Wildman–Crippen LogP) is 2.04. The minimum atomic E-state index is 0. The van der Waals surface area contributed by atoms with E-state index in [0.29, 0.717) is 12.0 Å². The average molecular weight is 262 g/mol. The molecule has 0 aliphatic carbocycles. The fourth-order valence-corrected chi connectivity index (χ4v) is 3.05. The Hall–Kier alpha value is -0.160. The van der Waals surface area contributed by atoms with Crippen molar-refractivity contribution in [1.82, 2.24) is 9.88 Å². The van der Waals surface area contributed by atoms with Crippen LogP contribution in [0.25, 0.3) is 0 Å². The summed E-state index contributed by atoms with van der Waals surface area (Å²) < 4.78 is 0. The van der Waals surface area contributed by atoms with Crippen molar-refractivity contribution in [2.75, 3.05) is 13.1 Å². The van der Waals surface area contributed by atoms with Crippen molar-refractivity contribution >= 4 is 23.7 Å². The first kappa shape index (κ1) is 13.9. The summed E-state index contributed by atoms with van der Waals surface area (Å²) in [6.45, 7) is 7.29. The summed E-state index contributed by atoms with van der Waals surface area (Å²) in [4.78, 5) is 7.00. The molecule has 2 rings (SSSR count). The van der Waals surface area contributed by atoms with Crippen molar-refractivity contribution < 1.29 is 0 Å². The maximum atomic E-state index is 5.72. The van der Waals surface area contributed by atoms with E-state index in [1.54, 1.807) is 11.3 Å². The third-order valence-corrected chi connectivity index (χ3v) is 4.08. The lowest BCUT2D eigenvalue weighted by Crippen LogP contribution is -2.27. The van der Waals surface area contributed by atoms with Gasteiger partial charge in [-0.3, -0.25) is 4.90 Å². The largest absolute Gasteiger partial charge is 0.330 e. The molecule has 2 unspecified atom stereocenters.